The molecule has 0 spiro atoms. The molecule has 1 atom stereocenters. The lowest BCUT2D eigenvalue weighted by Gasteiger charge is -2.16. The number of hydrogen-bond acceptors (Lipinski definition) is 4. The Kier molecular flexibility index (Phi) is 4.97. The Labute approximate surface area is 131 Å². The van der Waals surface area contributed by atoms with Crippen molar-refractivity contribution in [3.63, 3.8) is 0 Å². The molecule has 0 unspecified atom stereocenters. The highest BCUT2D eigenvalue weighted by atomic mass is 32.2. The molecule has 1 aromatic rings. The first-order valence-corrected chi connectivity index (χ1v) is 8.24. The fourth-order valence-corrected chi connectivity index (χ4v) is 3.76. The molecule has 1 heterocycles. The molecule has 0 radical (unpaired) electrons. The van der Waals surface area contributed by atoms with Crippen molar-refractivity contribution in [2.75, 3.05) is 19.6 Å². The maximum Gasteiger partial charge on any atom is 0.405 e. The van der Waals surface area contributed by atoms with Crippen LogP contribution in [0.1, 0.15) is 16.8 Å². The van der Waals surface area contributed by atoms with E-state index in [9.17, 15) is 26.4 Å². The van der Waals surface area contributed by atoms with Gasteiger partial charge in [0, 0.05) is 24.7 Å². The molecule has 1 aliphatic rings. The molecular weight excluding hydrogens is 335 g/mol. The molecule has 6 nitrogen and oxygen atoms in total. The number of carbonyl (C=O) groups is 1. The summed E-state index contributed by atoms with van der Waals surface area (Å²) in [7, 11) is -3.82. The third-order valence-electron chi connectivity index (χ3n) is 3.37. The Bertz CT molecular complexity index is 691. The topological polar surface area (TPSA) is 92.5 Å². The summed E-state index contributed by atoms with van der Waals surface area (Å²) in [5.41, 5.74) is 5.53. The van der Waals surface area contributed by atoms with Gasteiger partial charge in [-0.25, -0.2) is 8.42 Å². The van der Waals surface area contributed by atoms with Crippen LogP contribution in [0.2, 0.25) is 0 Å². The molecule has 3 N–H and O–H groups in total. The van der Waals surface area contributed by atoms with Crippen molar-refractivity contribution < 1.29 is 26.4 Å². The summed E-state index contributed by atoms with van der Waals surface area (Å²) < 4.78 is 62.4. The van der Waals surface area contributed by atoms with Crippen molar-refractivity contribution in [3.8, 4) is 0 Å². The molecule has 1 aromatic carbocycles. The average molecular weight is 351 g/mol. The zero-order valence-corrected chi connectivity index (χ0v) is 12.8. The summed E-state index contributed by atoms with van der Waals surface area (Å²) in [5, 5.41) is 1.70. The van der Waals surface area contributed by atoms with E-state index in [1.54, 1.807) is 5.32 Å². The van der Waals surface area contributed by atoms with E-state index in [1.807, 2.05) is 0 Å². The average Bonchev–Trinajstić information content (AvgIpc) is 2.91. The lowest BCUT2D eigenvalue weighted by molar-refractivity contribution is -0.123. The highest BCUT2D eigenvalue weighted by molar-refractivity contribution is 7.89. The minimum Gasteiger partial charge on any atom is -0.343 e. The third-order valence-corrected chi connectivity index (χ3v) is 5.23. The quantitative estimate of drug-likeness (QED) is 0.835. The number of halogens is 3. The van der Waals surface area contributed by atoms with E-state index in [1.165, 1.54) is 22.5 Å². The number of rotatable bonds is 4. The van der Waals surface area contributed by atoms with Gasteiger partial charge in [0.05, 0.1) is 4.90 Å². The first-order valence-electron chi connectivity index (χ1n) is 6.80. The highest BCUT2D eigenvalue weighted by Crippen LogP contribution is 2.21. The number of nitrogens with zero attached hydrogens (tertiary/aromatic N) is 1. The molecule has 0 bridgehead atoms. The summed E-state index contributed by atoms with van der Waals surface area (Å²) in [5.74, 6) is -0.988. The summed E-state index contributed by atoms with van der Waals surface area (Å²) in [6.45, 7) is -1.04. The molecule has 0 saturated carbocycles. The van der Waals surface area contributed by atoms with Gasteiger partial charge in [-0.05, 0) is 24.6 Å². The fraction of sp³-hybridized carbons (Fsp3) is 0.462. The van der Waals surface area contributed by atoms with Crippen LogP contribution in [0.5, 0.6) is 0 Å². The van der Waals surface area contributed by atoms with Gasteiger partial charge < -0.3 is 11.1 Å². The molecule has 10 heteroatoms. The highest BCUT2D eigenvalue weighted by Gasteiger charge is 2.32. The van der Waals surface area contributed by atoms with Crippen molar-refractivity contribution >= 4 is 15.9 Å². The van der Waals surface area contributed by atoms with E-state index >= 15 is 0 Å². The summed E-state index contributed by atoms with van der Waals surface area (Å²) in [6, 6.07) is 4.67. The molecule has 1 aliphatic heterocycles. The Morgan fingerprint density at radius 2 is 2.09 bits per heavy atom. The molecule has 0 aromatic heterocycles. The summed E-state index contributed by atoms with van der Waals surface area (Å²) >= 11 is 0. The van der Waals surface area contributed by atoms with Crippen LogP contribution < -0.4 is 11.1 Å². The third kappa shape index (κ3) is 4.43. The van der Waals surface area contributed by atoms with Gasteiger partial charge in [-0.3, -0.25) is 4.79 Å². The van der Waals surface area contributed by atoms with Gasteiger partial charge in [0.2, 0.25) is 10.0 Å². The van der Waals surface area contributed by atoms with Crippen LogP contribution in [0.25, 0.3) is 0 Å². The van der Waals surface area contributed by atoms with Crippen molar-refractivity contribution in [3.05, 3.63) is 29.8 Å². The first kappa shape index (κ1) is 17.7. The summed E-state index contributed by atoms with van der Waals surface area (Å²) in [4.78, 5) is 11.6. The maximum atomic E-state index is 12.4. The zero-order valence-electron chi connectivity index (χ0n) is 12.0. The largest absolute Gasteiger partial charge is 0.405 e. The van der Waals surface area contributed by atoms with Gasteiger partial charge >= 0.3 is 6.18 Å². The first-order chi connectivity index (χ1) is 10.6. The zero-order chi connectivity index (χ0) is 17.3. The van der Waals surface area contributed by atoms with Gasteiger partial charge in [-0.1, -0.05) is 6.07 Å². The predicted molar refractivity (Wildman–Crippen MR) is 76.2 cm³/mol. The summed E-state index contributed by atoms with van der Waals surface area (Å²) in [6.07, 6.45) is -4.00. The molecule has 0 aliphatic carbocycles. The van der Waals surface area contributed by atoms with Crippen LogP contribution in [-0.2, 0) is 10.0 Å². The molecule has 128 valence electrons. The smallest absolute Gasteiger partial charge is 0.343 e. The second kappa shape index (κ2) is 6.46. The maximum absolute atomic E-state index is 12.4. The van der Waals surface area contributed by atoms with E-state index in [4.69, 9.17) is 5.73 Å². The van der Waals surface area contributed by atoms with Crippen LogP contribution in [0.15, 0.2) is 29.2 Å². The second-order valence-corrected chi connectivity index (χ2v) is 7.18. The lowest BCUT2D eigenvalue weighted by atomic mass is 10.2. The van der Waals surface area contributed by atoms with Crippen LogP contribution in [0, 0.1) is 0 Å². The molecular formula is C13H16F3N3O3S. The Morgan fingerprint density at radius 1 is 1.39 bits per heavy atom. The van der Waals surface area contributed by atoms with Crippen LogP contribution >= 0.6 is 0 Å². The number of hydrogen-bond donors (Lipinski definition) is 2. The molecule has 1 amide bonds. The monoisotopic (exact) mass is 351 g/mol. The van der Waals surface area contributed by atoms with Gasteiger partial charge in [-0.2, -0.15) is 17.5 Å². The van der Waals surface area contributed by atoms with Crippen LogP contribution in [-0.4, -0.2) is 50.5 Å². The Hall–Kier alpha value is -1.65. The minimum absolute atomic E-state index is 0.147. The van der Waals surface area contributed by atoms with Gasteiger partial charge in [0.25, 0.3) is 5.91 Å². The van der Waals surface area contributed by atoms with Crippen molar-refractivity contribution in [1.29, 1.82) is 0 Å². The van der Waals surface area contributed by atoms with Crippen molar-refractivity contribution in [2.24, 2.45) is 5.73 Å². The number of alkyl halides is 3. The standard InChI is InChI=1S/C13H16F3N3O3S/c14-13(15,16)8-18-12(20)9-2-1-3-11(6-9)23(21,22)19-5-4-10(17)7-19/h1-3,6,10H,4-5,7-8,17H2,(H,18,20)/t10-/m1/s1. The number of benzene rings is 1. The van der Waals surface area contributed by atoms with Gasteiger partial charge in [0.15, 0.2) is 0 Å². The predicted octanol–water partition coefficient (Wildman–Crippen LogP) is 0.700. The van der Waals surface area contributed by atoms with Crippen molar-refractivity contribution in [1.82, 2.24) is 9.62 Å². The minimum atomic E-state index is -4.54. The van der Waals surface area contributed by atoms with E-state index < -0.39 is 28.7 Å². The Balaban J connectivity index is 2.18. The van der Waals surface area contributed by atoms with Crippen LogP contribution in [0.4, 0.5) is 13.2 Å². The number of nitrogens with two attached hydrogens (primary N) is 1. The van der Waals surface area contributed by atoms with Gasteiger partial charge in [0.1, 0.15) is 6.54 Å². The fourth-order valence-electron chi connectivity index (χ4n) is 2.20. The molecule has 1 saturated heterocycles. The normalized spacial score (nSPS) is 19.7. The molecule has 23 heavy (non-hydrogen) atoms. The van der Waals surface area contributed by atoms with E-state index in [2.05, 4.69) is 0 Å². The van der Waals surface area contributed by atoms with E-state index in [0.717, 1.165) is 6.07 Å². The van der Waals surface area contributed by atoms with Crippen LogP contribution in [0.3, 0.4) is 0 Å². The number of carbonyl (C=O) groups excluding carboxylic acids is 1. The number of sulfonamides is 1. The van der Waals surface area contributed by atoms with E-state index in [-0.39, 0.29) is 29.6 Å². The SMILES string of the molecule is N[C@@H]1CCN(S(=O)(=O)c2cccc(C(=O)NCC(F)(F)F)c2)C1. The van der Waals surface area contributed by atoms with Crippen molar-refractivity contribution in [2.45, 2.75) is 23.5 Å². The van der Waals surface area contributed by atoms with E-state index in [0.29, 0.717) is 6.42 Å². The number of amides is 1. The lowest BCUT2D eigenvalue weighted by Crippen LogP contribution is -2.34. The van der Waals surface area contributed by atoms with Gasteiger partial charge in [-0.15, -0.1) is 0 Å². The number of nitrogens with one attached hydrogen (secondary N) is 1. The molecule has 1 fully saturated rings. The molecule has 2 rings (SSSR count). The Morgan fingerprint density at radius 3 is 2.65 bits per heavy atom. The second-order valence-electron chi connectivity index (χ2n) is 5.24.